The zero-order valence-corrected chi connectivity index (χ0v) is 16.3. The third-order valence-electron chi connectivity index (χ3n) is 4.48. The predicted octanol–water partition coefficient (Wildman–Crippen LogP) is 5.10. The molecule has 1 heterocycles. The van der Waals surface area contributed by atoms with Crippen molar-refractivity contribution in [2.24, 2.45) is 0 Å². The fourth-order valence-electron chi connectivity index (χ4n) is 2.75. The van der Waals surface area contributed by atoms with Crippen LogP contribution in [0.15, 0.2) is 66.7 Å². The summed E-state index contributed by atoms with van der Waals surface area (Å²) in [5.74, 6) is -0.601. The number of carbonyl (C=O) groups is 2. The fourth-order valence-corrected chi connectivity index (χ4v) is 3.67. The predicted molar refractivity (Wildman–Crippen MR) is 114 cm³/mol. The smallest absolute Gasteiger partial charge is 0.251 e. The molecule has 146 valence electrons. The summed E-state index contributed by atoms with van der Waals surface area (Å²) < 4.78 is 13.0. The van der Waals surface area contributed by atoms with Crippen molar-refractivity contribution in [3.63, 3.8) is 0 Å². The third-order valence-corrected chi connectivity index (χ3v) is 5.58. The van der Waals surface area contributed by atoms with Gasteiger partial charge in [0.2, 0.25) is 5.91 Å². The van der Waals surface area contributed by atoms with Crippen LogP contribution in [0.1, 0.15) is 28.1 Å². The first-order valence-electron chi connectivity index (χ1n) is 9.32. The molecule has 2 N–H and O–H groups in total. The largest absolute Gasteiger partial charge is 0.349 e. The van der Waals surface area contributed by atoms with Gasteiger partial charge in [-0.05, 0) is 73.0 Å². The van der Waals surface area contributed by atoms with E-state index in [1.54, 1.807) is 42.5 Å². The van der Waals surface area contributed by atoms with Gasteiger partial charge in [0.25, 0.3) is 5.91 Å². The van der Waals surface area contributed by atoms with Crippen molar-refractivity contribution in [1.29, 1.82) is 0 Å². The number of hydrogen-bond donors (Lipinski definition) is 2. The zero-order valence-electron chi connectivity index (χ0n) is 15.5. The molecule has 3 aromatic rings. The summed E-state index contributed by atoms with van der Waals surface area (Å²) in [6.45, 7) is 0. The van der Waals surface area contributed by atoms with E-state index in [1.165, 1.54) is 29.5 Å². The van der Waals surface area contributed by atoms with Gasteiger partial charge < -0.3 is 10.6 Å². The summed E-state index contributed by atoms with van der Waals surface area (Å²) in [6, 6.07) is 17.3. The highest BCUT2D eigenvalue weighted by Crippen LogP contribution is 2.29. The van der Waals surface area contributed by atoms with Crippen LogP contribution < -0.4 is 10.6 Å². The molecule has 29 heavy (non-hydrogen) atoms. The Balaban J connectivity index is 1.34. The number of anilines is 1. The SMILES string of the molecule is O=C(/C=C/c1ccc(-c2ccc(F)cc2)s1)Nc1ccc(C(=O)NC2CC2)cc1. The van der Waals surface area contributed by atoms with Gasteiger partial charge in [-0.15, -0.1) is 11.3 Å². The van der Waals surface area contributed by atoms with E-state index in [4.69, 9.17) is 0 Å². The van der Waals surface area contributed by atoms with Gasteiger partial charge in [0.05, 0.1) is 0 Å². The van der Waals surface area contributed by atoms with E-state index in [0.717, 1.165) is 28.2 Å². The maximum Gasteiger partial charge on any atom is 0.251 e. The van der Waals surface area contributed by atoms with Crippen LogP contribution in [0.5, 0.6) is 0 Å². The minimum atomic E-state index is -0.265. The number of carbonyl (C=O) groups excluding carboxylic acids is 2. The molecule has 1 aliphatic rings. The first kappa shape index (κ1) is 19.1. The minimum Gasteiger partial charge on any atom is -0.349 e. The highest BCUT2D eigenvalue weighted by Gasteiger charge is 2.23. The van der Waals surface area contributed by atoms with Gasteiger partial charge in [0.15, 0.2) is 0 Å². The Morgan fingerprint density at radius 3 is 2.38 bits per heavy atom. The Morgan fingerprint density at radius 1 is 0.966 bits per heavy atom. The van der Waals surface area contributed by atoms with E-state index in [1.807, 2.05) is 12.1 Å². The van der Waals surface area contributed by atoms with Crippen LogP contribution in [0.4, 0.5) is 10.1 Å². The highest BCUT2D eigenvalue weighted by molar-refractivity contribution is 7.16. The number of rotatable bonds is 6. The van der Waals surface area contributed by atoms with Gasteiger partial charge >= 0.3 is 0 Å². The molecule has 4 nitrogen and oxygen atoms in total. The lowest BCUT2D eigenvalue weighted by Gasteiger charge is -2.05. The topological polar surface area (TPSA) is 58.2 Å². The van der Waals surface area contributed by atoms with Crippen LogP contribution >= 0.6 is 11.3 Å². The minimum absolute atomic E-state index is 0.0834. The molecular weight excluding hydrogens is 387 g/mol. The molecule has 0 saturated heterocycles. The lowest BCUT2D eigenvalue weighted by molar-refractivity contribution is -0.111. The van der Waals surface area contributed by atoms with Crippen LogP contribution in [0.3, 0.4) is 0 Å². The molecule has 0 radical (unpaired) electrons. The molecule has 2 amide bonds. The van der Waals surface area contributed by atoms with Gasteiger partial charge in [-0.3, -0.25) is 9.59 Å². The van der Waals surface area contributed by atoms with Crippen LogP contribution in [0.25, 0.3) is 16.5 Å². The van der Waals surface area contributed by atoms with Crippen molar-refractivity contribution in [2.75, 3.05) is 5.32 Å². The second-order valence-corrected chi connectivity index (χ2v) is 7.97. The monoisotopic (exact) mass is 406 g/mol. The van der Waals surface area contributed by atoms with Crippen LogP contribution in [-0.4, -0.2) is 17.9 Å². The van der Waals surface area contributed by atoms with Gasteiger partial charge in [-0.25, -0.2) is 4.39 Å². The Hall–Kier alpha value is -3.25. The summed E-state index contributed by atoms with van der Waals surface area (Å²) in [5.41, 5.74) is 2.14. The molecule has 1 aliphatic carbocycles. The number of halogens is 1. The van der Waals surface area contributed by atoms with E-state index in [9.17, 15) is 14.0 Å². The molecule has 1 saturated carbocycles. The Labute approximate surface area is 172 Å². The maximum absolute atomic E-state index is 13.0. The van der Waals surface area contributed by atoms with E-state index >= 15 is 0 Å². The molecule has 4 rings (SSSR count). The molecule has 1 fully saturated rings. The Bertz CT molecular complexity index is 1050. The molecular formula is C23H19FN2O2S. The van der Waals surface area contributed by atoms with Crippen LogP contribution in [0.2, 0.25) is 0 Å². The lowest BCUT2D eigenvalue weighted by atomic mass is 10.2. The molecule has 2 aromatic carbocycles. The summed E-state index contributed by atoms with van der Waals surface area (Å²) >= 11 is 1.52. The van der Waals surface area contributed by atoms with Gasteiger partial charge in [-0.1, -0.05) is 12.1 Å². The van der Waals surface area contributed by atoms with Gasteiger partial charge in [-0.2, -0.15) is 0 Å². The van der Waals surface area contributed by atoms with Gasteiger partial charge in [0, 0.05) is 33.1 Å². The number of thiophene rings is 1. The number of amides is 2. The Kier molecular flexibility index (Phi) is 5.53. The van der Waals surface area contributed by atoms with E-state index < -0.39 is 0 Å². The van der Waals surface area contributed by atoms with Crippen molar-refractivity contribution in [3.8, 4) is 10.4 Å². The second-order valence-electron chi connectivity index (χ2n) is 6.86. The normalized spacial score (nSPS) is 13.4. The number of hydrogen-bond acceptors (Lipinski definition) is 3. The van der Waals surface area contributed by atoms with Crippen molar-refractivity contribution >= 4 is 34.9 Å². The first-order chi connectivity index (χ1) is 14.1. The van der Waals surface area contributed by atoms with Crippen molar-refractivity contribution < 1.29 is 14.0 Å². The standard InChI is InChI=1S/C23H19FN2O2S/c24-17-5-1-15(2-6-17)21-13-11-20(29-21)12-14-22(27)25-18-7-3-16(4-8-18)23(28)26-19-9-10-19/h1-8,11-14,19H,9-10H2,(H,25,27)(H,26,28)/b14-12+. The van der Waals surface area contributed by atoms with E-state index in [2.05, 4.69) is 10.6 Å². The molecule has 1 aromatic heterocycles. The van der Waals surface area contributed by atoms with Gasteiger partial charge in [0.1, 0.15) is 5.82 Å². The van der Waals surface area contributed by atoms with E-state index in [-0.39, 0.29) is 17.6 Å². The molecule has 0 atom stereocenters. The molecule has 0 aliphatic heterocycles. The maximum atomic E-state index is 13.0. The van der Waals surface area contributed by atoms with Crippen molar-refractivity contribution in [1.82, 2.24) is 5.32 Å². The quantitative estimate of drug-likeness (QED) is 0.560. The number of benzene rings is 2. The van der Waals surface area contributed by atoms with Crippen LogP contribution in [-0.2, 0) is 4.79 Å². The summed E-state index contributed by atoms with van der Waals surface area (Å²) in [6.07, 6.45) is 5.29. The molecule has 0 spiro atoms. The summed E-state index contributed by atoms with van der Waals surface area (Å²) in [5, 5.41) is 5.71. The average Bonchev–Trinajstić information content (AvgIpc) is 3.41. The van der Waals surface area contributed by atoms with E-state index in [0.29, 0.717) is 17.3 Å². The summed E-state index contributed by atoms with van der Waals surface area (Å²) in [7, 11) is 0. The van der Waals surface area contributed by atoms with Crippen molar-refractivity contribution in [2.45, 2.75) is 18.9 Å². The first-order valence-corrected chi connectivity index (χ1v) is 10.1. The van der Waals surface area contributed by atoms with Crippen LogP contribution in [0, 0.1) is 5.82 Å². The summed E-state index contributed by atoms with van der Waals surface area (Å²) in [4.78, 5) is 26.1. The third kappa shape index (κ3) is 5.18. The highest BCUT2D eigenvalue weighted by atomic mass is 32.1. The number of nitrogens with one attached hydrogen (secondary N) is 2. The lowest BCUT2D eigenvalue weighted by Crippen LogP contribution is -2.25. The zero-order chi connectivity index (χ0) is 20.2. The Morgan fingerprint density at radius 2 is 1.69 bits per heavy atom. The molecule has 6 heteroatoms. The fraction of sp³-hybridized carbons (Fsp3) is 0.130. The molecule has 0 unspecified atom stereocenters. The second kappa shape index (κ2) is 8.41. The average molecular weight is 406 g/mol. The molecule has 0 bridgehead atoms. The van der Waals surface area contributed by atoms with Crippen molar-refractivity contribution in [3.05, 3.63) is 83.0 Å².